The molecule has 19 heavy (non-hydrogen) atoms. The highest BCUT2D eigenvalue weighted by Gasteiger charge is 2.25. The van der Waals surface area contributed by atoms with E-state index in [1.165, 1.54) is 6.42 Å². The molecular weight excluding hydrogens is 238 g/mol. The summed E-state index contributed by atoms with van der Waals surface area (Å²) in [5.41, 5.74) is 3.85. The van der Waals surface area contributed by atoms with Crippen LogP contribution in [0, 0.1) is 13.8 Å². The zero-order valence-corrected chi connectivity index (χ0v) is 11.6. The van der Waals surface area contributed by atoms with E-state index in [1.54, 1.807) is 0 Å². The van der Waals surface area contributed by atoms with Gasteiger partial charge in [-0.1, -0.05) is 0 Å². The van der Waals surface area contributed by atoms with E-state index in [4.69, 9.17) is 4.98 Å². The van der Waals surface area contributed by atoms with Crippen molar-refractivity contribution in [2.75, 3.05) is 13.6 Å². The molecule has 5 nitrogen and oxygen atoms in total. The summed E-state index contributed by atoms with van der Waals surface area (Å²) in [5, 5.41) is 7.25. The fourth-order valence-electron chi connectivity index (χ4n) is 2.66. The normalized spacial score (nSPS) is 20.1. The number of nitrogens with zero attached hydrogens (tertiary/aromatic N) is 4. The Morgan fingerprint density at radius 1 is 1.21 bits per heavy atom. The van der Waals surface area contributed by atoms with E-state index in [0.29, 0.717) is 6.04 Å². The molecular formula is C14H19N5. The van der Waals surface area contributed by atoms with Crippen molar-refractivity contribution in [2.45, 2.75) is 32.7 Å². The first-order chi connectivity index (χ1) is 9.13. The second kappa shape index (κ2) is 4.74. The minimum absolute atomic E-state index is 0.346. The lowest BCUT2D eigenvalue weighted by Gasteiger charge is -2.18. The molecule has 2 aromatic rings. The van der Waals surface area contributed by atoms with Crippen LogP contribution in [0.15, 0.2) is 12.1 Å². The zero-order valence-electron chi connectivity index (χ0n) is 11.6. The van der Waals surface area contributed by atoms with Crippen LogP contribution in [0.2, 0.25) is 0 Å². The lowest BCUT2D eigenvalue weighted by molar-refractivity contribution is 0.305. The SMILES string of the molecule is Cc1cc(-c2cc(C)[nH]n2)nc([C@@H]2CCCN2C)n1. The number of hydrogen-bond acceptors (Lipinski definition) is 4. The van der Waals surface area contributed by atoms with Crippen LogP contribution >= 0.6 is 0 Å². The summed E-state index contributed by atoms with van der Waals surface area (Å²) in [6.45, 7) is 5.14. The standard InChI is InChI=1S/C14H19N5/c1-9-7-11(12-8-10(2)17-18-12)16-14(15-9)13-5-4-6-19(13)3/h7-8,13H,4-6H2,1-3H3,(H,17,18)/t13-/m0/s1. The lowest BCUT2D eigenvalue weighted by Crippen LogP contribution is -2.20. The van der Waals surface area contributed by atoms with Gasteiger partial charge in [-0.25, -0.2) is 9.97 Å². The molecule has 1 atom stereocenters. The first kappa shape index (κ1) is 12.3. The van der Waals surface area contributed by atoms with E-state index < -0.39 is 0 Å². The number of aromatic nitrogens is 4. The van der Waals surface area contributed by atoms with E-state index in [-0.39, 0.29) is 0 Å². The van der Waals surface area contributed by atoms with Gasteiger partial charge >= 0.3 is 0 Å². The highest BCUT2D eigenvalue weighted by Crippen LogP contribution is 2.29. The maximum absolute atomic E-state index is 4.71. The summed E-state index contributed by atoms with van der Waals surface area (Å²) in [4.78, 5) is 11.6. The van der Waals surface area contributed by atoms with Gasteiger partial charge in [-0.15, -0.1) is 0 Å². The molecule has 1 N–H and O–H groups in total. The van der Waals surface area contributed by atoms with Crippen LogP contribution in [0.1, 0.15) is 36.1 Å². The molecule has 1 aliphatic heterocycles. The maximum Gasteiger partial charge on any atom is 0.146 e. The topological polar surface area (TPSA) is 57.7 Å². The number of H-pyrrole nitrogens is 1. The molecule has 0 amide bonds. The average molecular weight is 257 g/mol. The fraction of sp³-hybridized carbons (Fsp3) is 0.500. The van der Waals surface area contributed by atoms with Crippen molar-refractivity contribution in [1.82, 2.24) is 25.1 Å². The Morgan fingerprint density at radius 3 is 2.68 bits per heavy atom. The summed E-state index contributed by atoms with van der Waals surface area (Å²) in [6.07, 6.45) is 2.36. The molecule has 1 saturated heterocycles. The van der Waals surface area contributed by atoms with Gasteiger partial charge in [0.05, 0.1) is 11.7 Å². The van der Waals surface area contributed by atoms with Gasteiger partial charge in [-0.05, 0) is 52.4 Å². The summed E-state index contributed by atoms with van der Waals surface area (Å²) >= 11 is 0. The van der Waals surface area contributed by atoms with Crippen LogP contribution in [0.3, 0.4) is 0 Å². The molecule has 0 saturated carbocycles. The van der Waals surface area contributed by atoms with Crippen LogP contribution in [0.4, 0.5) is 0 Å². The Hall–Kier alpha value is -1.75. The summed E-state index contributed by atoms with van der Waals surface area (Å²) in [7, 11) is 2.14. The molecule has 3 heterocycles. The Morgan fingerprint density at radius 2 is 2.05 bits per heavy atom. The molecule has 0 unspecified atom stereocenters. The monoisotopic (exact) mass is 257 g/mol. The van der Waals surface area contributed by atoms with Gasteiger partial charge in [0, 0.05) is 11.4 Å². The van der Waals surface area contributed by atoms with Crippen LogP contribution in [0.25, 0.3) is 11.4 Å². The Labute approximate surface area is 113 Å². The first-order valence-corrected chi connectivity index (χ1v) is 6.71. The summed E-state index contributed by atoms with van der Waals surface area (Å²) in [5.74, 6) is 0.927. The number of hydrogen-bond donors (Lipinski definition) is 1. The van der Waals surface area contributed by atoms with Gasteiger partial charge in [0.15, 0.2) is 0 Å². The maximum atomic E-state index is 4.71. The Bertz CT molecular complexity index is 589. The van der Waals surface area contributed by atoms with E-state index in [1.807, 2.05) is 26.0 Å². The minimum Gasteiger partial charge on any atom is -0.296 e. The highest BCUT2D eigenvalue weighted by molar-refractivity contribution is 5.54. The van der Waals surface area contributed by atoms with Gasteiger partial charge in [-0.2, -0.15) is 5.10 Å². The predicted molar refractivity (Wildman–Crippen MR) is 73.7 cm³/mol. The second-order valence-electron chi connectivity index (χ2n) is 5.33. The third-order valence-electron chi connectivity index (χ3n) is 3.66. The molecule has 1 aliphatic rings. The van der Waals surface area contributed by atoms with Crippen LogP contribution < -0.4 is 0 Å². The van der Waals surface area contributed by atoms with Crippen molar-refractivity contribution in [3.05, 3.63) is 29.3 Å². The van der Waals surface area contributed by atoms with E-state index >= 15 is 0 Å². The van der Waals surface area contributed by atoms with Crippen LogP contribution in [-0.2, 0) is 0 Å². The average Bonchev–Trinajstić information content (AvgIpc) is 2.97. The largest absolute Gasteiger partial charge is 0.296 e. The molecule has 0 aromatic carbocycles. The number of aryl methyl sites for hydroxylation is 2. The second-order valence-corrected chi connectivity index (χ2v) is 5.33. The lowest BCUT2D eigenvalue weighted by atomic mass is 10.2. The summed E-state index contributed by atoms with van der Waals surface area (Å²) in [6, 6.07) is 4.36. The van der Waals surface area contributed by atoms with Crippen molar-refractivity contribution in [2.24, 2.45) is 0 Å². The predicted octanol–water partition coefficient (Wildman–Crippen LogP) is 2.25. The molecule has 3 rings (SSSR count). The Balaban J connectivity index is 2.00. The molecule has 0 spiro atoms. The summed E-state index contributed by atoms with van der Waals surface area (Å²) < 4.78 is 0. The third kappa shape index (κ3) is 2.38. The van der Waals surface area contributed by atoms with Gasteiger partial charge < -0.3 is 0 Å². The van der Waals surface area contributed by atoms with Crippen molar-refractivity contribution >= 4 is 0 Å². The van der Waals surface area contributed by atoms with E-state index in [9.17, 15) is 0 Å². The van der Waals surface area contributed by atoms with Gasteiger partial charge in [0.25, 0.3) is 0 Å². The van der Waals surface area contributed by atoms with Crippen molar-refractivity contribution in [3.63, 3.8) is 0 Å². The number of nitrogens with one attached hydrogen (secondary N) is 1. The van der Waals surface area contributed by atoms with Crippen LogP contribution in [0.5, 0.6) is 0 Å². The minimum atomic E-state index is 0.346. The molecule has 100 valence electrons. The van der Waals surface area contributed by atoms with Crippen molar-refractivity contribution in [1.29, 1.82) is 0 Å². The highest BCUT2D eigenvalue weighted by atomic mass is 15.2. The molecule has 1 fully saturated rings. The quantitative estimate of drug-likeness (QED) is 0.896. The Kier molecular flexibility index (Phi) is 3.06. The third-order valence-corrected chi connectivity index (χ3v) is 3.66. The van der Waals surface area contributed by atoms with Gasteiger partial charge in [0.1, 0.15) is 11.5 Å². The van der Waals surface area contributed by atoms with Crippen molar-refractivity contribution in [3.8, 4) is 11.4 Å². The van der Waals surface area contributed by atoms with Gasteiger partial charge in [-0.3, -0.25) is 10.00 Å². The van der Waals surface area contributed by atoms with Crippen molar-refractivity contribution < 1.29 is 0 Å². The smallest absolute Gasteiger partial charge is 0.146 e. The fourth-order valence-corrected chi connectivity index (χ4v) is 2.66. The van der Waals surface area contributed by atoms with Crippen LogP contribution in [-0.4, -0.2) is 38.7 Å². The van der Waals surface area contributed by atoms with E-state index in [2.05, 4.69) is 27.1 Å². The number of rotatable bonds is 2. The molecule has 0 bridgehead atoms. The molecule has 2 aromatic heterocycles. The van der Waals surface area contributed by atoms with E-state index in [0.717, 1.165) is 41.6 Å². The molecule has 0 radical (unpaired) electrons. The number of aromatic amines is 1. The van der Waals surface area contributed by atoms with Gasteiger partial charge in [0.2, 0.25) is 0 Å². The molecule has 5 heteroatoms. The zero-order chi connectivity index (χ0) is 13.4. The number of likely N-dealkylation sites (tertiary alicyclic amines) is 1. The first-order valence-electron chi connectivity index (χ1n) is 6.71. The molecule has 0 aliphatic carbocycles.